The number of urea groups is 1. The molecule has 1 aromatic carbocycles. The Morgan fingerprint density at radius 2 is 2.05 bits per heavy atom. The monoisotopic (exact) mass is 360 g/mol. The zero-order chi connectivity index (χ0) is 16.0. The molecule has 5 nitrogen and oxygen atoms in total. The largest absolute Gasteiger partial charge is 0.480 e. The van der Waals surface area contributed by atoms with Gasteiger partial charge in [0.15, 0.2) is 0 Å². The van der Waals surface area contributed by atoms with E-state index < -0.39 is 23.9 Å². The van der Waals surface area contributed by atoms with Crippen molar-refractivity contribution in [1.82, 2.24) is 10.6 Å². The van der Waals surface area contributed by atoms with Crippen LogP contribution >= 0.6 is 15.9 Å². The molecule has 1 unspecified atom stereocenters. The Labute approximate surface area is 131 Å². The summed E-state index contributed by atoms with van der Waals surface area (Å²) < 4.78 is 14.2. The molecule has 0 aliphatic carbocycles. The minimum absolute atomic E-state index is 0.0149. The molecular formula is C14H18BrFN2O3. The molecule has 1 rings (SSSR count). The van der Waals surface area contributed by atoms with Gasteiger partial charge in [0.05, 0.1) is 0 Å². The topological polar surface area (TPSA) is 78.4 Å². The van der Waals surface area contributed by atoms with E-state index in [4.69, 9.17) is 5.11 Å². The summed E-state index contributed by atoms with van der Waals surface area (Å²) in [7, 11) is 0. The molecule has 1 aromatic rings. The zero-order valence-electron chi connectivity index (χ0n) is 11.8. The Bertz CT molecular complexity index is 523. The van der Waals surface area contributed by atoms with Crippen LogP contribution in [0.5, 0.6) is 0 Å². The van der Waals surface area contributed by atoms with Crippen molar-refractivity contribution >= 4 is 27.9 Å². The van der Waals surface area contributed by atoms with Crippen molar-refractivity contribution in [2.45, 2.75) is 32.9 Å². The van der Waals surface area contributed by atoms with E-state index in [1.807, 2.05) is 13.8 Å². The molecule has 0 spiro atoms. The Hall–Kier alpha value is -1.63. The van der Waals surface area contributed by atoms with Crippen LogP contribution in [0.3, 0.4) is 0 Å². The summed E-state index contributed by atoms with van der Waals surface area (Å²) in [6.45, 7) is 3.72. The van der Waals surface area contributed by atoms with Crippen LogP contribution in [-0.4, -0.2) is 23.1 Å². The number of carboxylic acids is 1. The van der Waals surface area contributed by atoms with Crippen LogP contribution in [0.1, 0.15) is 25.8 Å². The van der Waals surface area contributed by atoms with Crippen molar-refractivity contribution in [3.63, 3.8) is 0 Å². The lowest BCUT2D eigenvalue weighted by molar-refractivity contribution is -0.139. The first-order valence-corrected chi connectivity index (χ1v) is 7.30. The predicted octanol–water partition coefficient (Wildman–Crippen LogP) is 2.89. The second-order valence-corrected chi connectivity index (χ2v) is 6.00. The molecule has 0 aromatic heterocycles. The van der Waals surface area contributed by atoms with Gasteiger partial charge in [-0.1, -0.05) is 35.8 Å². The van der Waals surface area contributed by atoms with Gasteiger partial charge in [-0.3, -0.25) is 0 Å². The number of rotatable bonds is 6. The van der Waals surface area contributed by atoms with Crippen LogP contribution in [0.2, 0.25) is 0 Å². The average Bonchev–Trinajstić information content (AvgIpc) is 2.36. The number of carboxylic acid groups (broad SMARTS) is 1. The molecule has 0 fully saturated rings. The van der Waals surface area contributed by atoms with Crippen LogP contribution in [0.15, 0.2) is 22.7 Å². The van der Waals surface area contributed by atoms with Gasteiger partial charge in [-0.25, -0.2) is 14.0 Å². The number of nitrogens with one attached hydrogen (secondary N) is 2. The molecule has 0 saturated heterocycles. The molecular weight excluding hydrogens is 343 g/mol. The quantitative estimate of drug-likeness (QED) is 0.729. The highest BCUT2D eigenvalue weighted by molar-refractivity contribution is 9.10. The van der Waals surface area contributed by atoms with E-state index in [1.165, 1.54) is 6.07 Å². The van der Waals surface area contributed by atoms with Gasteiger partial charge >= 0.3 is 12.0 Å². The smallest absolute Gasteiger partial charge is 0.326 e. The predicted molar refractivity (Wildman–Crippen MR) is 80.4 cm³/mol. The van der Waals surface area contributed by atoms with Gasteiger partial charge in [-0.2, -0.15) is 0 Å². The standard InChI is InChI=1S/C14H18BrFN2O3/c1-8(2)5-12(13(19)20)18-14(21)17-7-9-3-4-10(15)6-11(9)16/h3-4,6,8,12H,5,7H2,1-2H3,(H,19,20)(H2,17,18,21). The highest BCUT2D eigenvalue weighted by atomic mass is 79.9. The number of halogens is 2. The summed E-state index contributed by atoms with van der Waals surface area (Å²) in [5, 5.41) is 13.8. The third kappa shape index (κ3) is 6.12. The number of benzene rings is 1. The summed E-state index contributed by atoms with van der Waals surface area (Å²) in [6, 6.07) is 2.91. The molecule has 1 atom stereocenters. The van der Waals surface area contributed by atoms with Crippen molar-refractivity contribution in [2.75, 3.05) is 0 Å². The molecule has 0 heterocycles. The van der Waals surface area contributed by atoms with E-state index in [1.54, 1.807) is 12.1 Å². The molecule has 0 saturated carbocycles. The Morgan fingerprint density at radius 1 is 1.38 bits per heavy atom. The van der Waals surface area contributed by atoms with Gasteiger partial charge in [0.1, 0.15) is 11.9 Å². The number of hydrogen-bond donors (Lipinski definition) is 3. The van der Waals surface area contributed by atoms with Gasteiger partial charge in [-0.15, -0.1) is 0 Å². The fourth-order valence-corrected chi connectivity index (χ4v) is 2.08. The van der Waals surface area contributed by atoms with Crippen LogP contribution in [0.25, 0.3) is 0 Å². The molecule has 0 aliphatic rings. The molecule has 7 heteroatoms. The first kappa shape index (κ1) is 17.4. The van der Waals surface area contributed by atoms with E-state index in [0.717, 1.165) is 0 Å². The van der Waals surface area contributed by atoms with Crippen molar-refractivity contribution in [3.05, 3.63) is 34.1 Å². The Morgan fingerprint density at radius 3 is 2.57 bits per heavy atom. The van der Waals surface area contributed by atoms with Gasteiger partial charge in [-0.05, 0) is 24.5 Å². The second-order valence-electron chi connectivity index (χ2n) is 5.08. The maximum Gasteiger partial charge on any atom is 0.326 e. The fraction of sp³-hybridized carbons (Fsp3) is 0.429. The van der Waals surface area contributed by atoms with E-state index in [2.05, 4.69) is 26.6 Å². The highest BCUT2D eigenvalue weighted by Crippen LogP contribution is 2.15. The van der Waals surface area contributed by atoms with E-state index in [9.17, 15) is 14.0 Å². The van der Waals surface area contributed by atoms with Gasteiger partial charge in [0.25, 0.3) is 0 Å². The first-order chi connectivity index (χ1) is 9.79. The van der Waals surface area contributed by atoms with Gasteiger partial charge < -0.3 is 15.7 Å². The molecule has 2 amide bonds. The van der Waals surface area contributed by atoms with Gasteiger partial charge in [0.2, 0.25) is 0 Å². The van der Waals surface area contributed by atoms with Crippen molar-refractivity contribution < 1.29 is 19.1 Å². The molecule has 0 bridgehead atoms. The lowest BCUT2D eigenvalue weighted by Gasteiger charge is -2.17. The lowest BCUT2D eigenvalue weighted by atomic mass is 10.0. The van der Waals surface area contributed by atoms with Gasteiger partial charge in [0, 0.05) is 16.6 Å². The average molecular weight is 361 g/mol. The highest BCUT2D eigenvalue weighted by Gasteiger charge is 2.20. The molecule has 116 valence electrons. The Kier molecular flexibility index (Phi) is 6.61. The Balaban J connectivity index is 2.54. The van der Waals surface area contributed by atoms with E-state index >= 15 is 0 Å². The third-order valence-electron chi connectivity index (χ3n) is 2.77. The second kappa shape index (κ2) is 7.97. The molecule has 0 aliphatic heterocycles. The van der Waals surface area contributed by atoms with Crippen molar-refractivity contribution in [1.29, 1.82) is 0 Å². The maximum atomic E-state index is 13.6. The molecule has 3 N–H and O–H groups in total. The summed E-state index contributed by atoms with van der Waals surface area (Å²) in [5.41, 5.74) is 0.323. The van der Waals surface area contributed by atoms with Crippen molar-refractivity contribution in [3.8, 4) is 0 Å². The van der Waals surface area contributed by atoms with E-state index in [-0.39, 0.29) is 12.5 Å². The van der Waals surface area contributed by atoms with E-state index in [0.29, 0.717) is 16.5 Å². The minimum atomic E-state index is -1.09. The van der Waals surface area contributed by atoms with Crippen molar-refractivity contribution in [2.24, 2.45) is 5.92 Å². The number of amides is 2. The minimum Gasteiger partial charge on any atom is -0.480 e. The van der Waals surface area contributed by atoms with Crippen LogP contribution in [0, 0.1) is 11.7 Å². The summed E-state index contributed by atoms with van der Waals surface area (Å²) >= 11 is 3.14. The fourth-order valence-electron chi connectivity index (χ4n) is 1.74. The maximum absolute atomic E-state index is 13.6. The summed E-state index contributed by atoms with van der Waals surface area (Å²) in [5.74, 6) is -1.40. The van der Waals surface area contributed by atoms with Crippen LogP contribution in [-0.2, 0) is 11.3 Å². The number of aliphatic carboxylic acids is 1. The number of carbonyl (C=O) groups is 2. The number of hydrogen-bond acceptors (Lipinski definition) is 2. The summed E-state index contributed by atoms with van der Waals surface area (Å²) in [6.07, 6.45) is 0.329. The first-order valence-electron chi connectivity index (χ1n) is 6.50. The number of carbonyl (C=O) groups excluding carboxylic acids is 1. The zero-order valence-corrected chi connectivity index (χ0v) is 13.4. The lowest BCUT2D eigenvalue weighted by Crippen LogP contribution is -2.46. The van der Waals surface area contributed by atoms with Crippen LogP contribution < -0.4 is 10.6 Å². The SMILES string of the molecule is CC(C)CC(NC(=O)NCc1ccc(Br)cc1F)C(=O)O. The third-order valence-corrected chi connectivity index (χ3v) is 3.26. The van der Waals surface area contributed by atoms with Crippen LogP contribution in [0.4, 0.5) is 9.18 Å². The normalized spacial score (nSPS) is 12.0. The molecule has 0 radical (unpaired) electrons. The summed E-state index contributed by atoms with van der Waals surface area (Å²) in [4.78, 5) is 22.7. The molecule has 21 heavy (non-hydrogen) atoms.